The lowest BCUT2D eigenvalue weighted by Gasteiger charge is -2.40. The van der Waals surface area contributed by atoms with Gasteiger partial charge in [0.1, 0.15) is 11.5 Å². The van der Waals surface area contributed by atoms with Crippen LogP contribution < -0.4 is 21.1 Å². The SMILES string of the molecule is O=C(NCc1cccc(-c2cccc(C3OC(CN4CCC(n5c(=O)[nH]c6ccccc65)CC4)CC(c4ccc(CO)cc4)O3)c2)c1)Nc1ccc(Oc2ccccc2)cc1. The third-order valence-electron chi connectivity index (χ3n) is 11.6. The molecule has 0 saturated carbocycles. The van der Waals surface area contributed by atoms with Crippen molar-refractivity contribution in [3.05, 3.63) is 184 Å². The van der Waals surface area contributed by atoms with Crippen molar-refractivity contribution in [3.8, 4) is 22.6 Å². The molecule has 11 nitrogen and oxygen atoms in total. The van der Waals surface area contributed by atoms with E-state index in [1.54, 1.807) is 0 Å². The number of nitrogens with one attached hydrogen (secondary N) is 3. The van der Waals surface area contributed by atoms with Crippen molar-refractivity contribution < 1.29 is 24.1 Å². The number of carbonyl (C=O) groups is 1. The number of H-pyrrole nitrogens is 1. The summed E-state index contributed by atoms with van der Waals surface area (Å²) in [5.41, 5.74) is 8.23. The number of piperidine rings is 1. The first kappa shape index (κ1) is 39.9. The summed E-state index contributed by atoms with van der Waals surface area (Å²) < 4.78 is 21.3. The van der Waals surface area contributed by atoms with Crippen molar-refractivity contribution in [2.24, 2.45) is 0 Å². The topological polar surface area (TPSA) is 130 Å². The molecule has 3 heterocycles. The Hall–Kier alpha value is -6.50. The van der Waals surface area contributed by atoms with Gasteiger partial charge in [0.05, 0.1) is 29.8 Å². The first-order valence-corrected chi connectivity index (χ1v) is 20.9. The monoisotopic (exact) mass is 815 g/mol. The van der Waals surface area contributed by atoms with Gasteiger partial charge in [0.15, 0.2) is 6.29 Å². The standard InChI is InChI=1S/C50H49N5O6/c56-33-34-16-18-36(19-17-34)47-30-44(32-54-26-24-41(25-27-54)55-46-15-5-4-14-45(46)53-50(55)58)60-48(61-47)39-11-7-10-38(29-39)37-9-6-8-35(28-37)31-51-49(57)52-40-20-22-43(23-21-40)59-42-12-2-1-3-13-42/h1-23,28-29,41,44,47-48,56H,24-27,30-33H2,(H,53,58)(H2,51,52,57). The molecule has 6 aromatic carbocycles. The molecule has 7 aromatic rings. The number of aliphatic hydroxyl groups excluding tert-OH is 1. The molecule has 3 atom stereocenters. The summed E-state index contributed by atoms with van der Waals surface area (Å²) in [7, 11) is 0. The van der Waals surface area contributed by atoms with Crippen LogP contribution in [0.5, 0.6) is 11.5 Å². The molecule has 2 aliphatic heterocycles. The number of nitrogens with zero attached hydrogens (tertiary/aromatic N) is 2. The molecule has 61 heavy (non-hydrogen) atoms. The number of aliphatic hydroxyl groups is 1. The van der Waals surface area contributed by atoms with Gasteiger partial charge in [-0.05, 0) is 101 Å². The number of aromatic amines is 1. The number of rotatable bonds is 12. The molecule has 0 radical (unpaired) electrons. The Morgan fingerprint density at radius 3 is 2.25 bits per heavy atom. The van der Waals surface area contributed by atoms with Crippen LogP contribution in [0.15, 0.2) is 156 Å². The summed E-state index contributed by atoms with van der Waals surface area (Å²) in [6.45, 7) is 2.79. The van der Waals surface area contributed by atoms with Crippen LogP contribution in [0.4, 0.5) is 10.5 Å². The van der Waals surface area contributed by atoms with Crippen molar-refractivity contribution in [1.82, 2.24) is 19.8 Å². The minimum absolute atomic E-state index is 0.0153. The van der Waals surface area contributed by atoms with Crippen molar-refractivity contribution in [1.29, 1.82) is 0 Å². The van der Waals surface area contributed by atoms with Gasteiger partial charge in [0.25, 0.3) is 0 Å². The van der Waals surface area contributed by atoms with Gasteiger partial charge in [0, 0.05) is 49.9 Å². The number of para-hydroxylation sites is 3. The highest BCUT2D eigenvalue weighted by molar-refractivity contribution is 5.89. The number of imidazole rings is 1. The maximum absolute atomic E-state index is 12.9. The fourth-order valence-corrected chi connectivity index (χ4v) is 8.43. The smallest absolute Gasteiger partial charge is 0.326 e. The molecule has 2 amide bonds. The van der Waals surface area contributed by atoms with E-state index in [4.69, 9.17) is 14.2 Å². The van der Waals surface area contributed by atoms with Gasteiger partial charge < -0.3 is 39.8 Å². The molecule has 0 spiro atoms. The fourth-order valence-electron chi connectivity index (χ4n) is 8.43. The van der Waals surface area contributed by atoms with E-state index < -0.39 is 6.29 Å². The lowest BCUT2D eigenvalue weighted by atomic mass is 9.97. The molecule has 2 aliphatic rings. The summed E-state index contributed by atoms with van der Waals surface area (Å²) in [5.74, 6) is 1.43. The van der Waals surface area contributed by atoms with Crippen molar-refractivity contribution in [3.63, 3.8) is 0 Å². The van der Waals surface area contributed by atoms with E-state index in [9.17, 15) is 14.7 Å². The minimum Gasteiger partial charge on any atom is -0.457 e. The van der Waals surface area contributed by atoms with Gasteiger partial charge in [0.2, 0.25) is 0 Å². The molecule has 0 bridgehead atoms. The predicted octanol–water partition coefficient (Wildman–Crippen LogP) is 9.49. The van der Waals surface area contributed by atoms with E-state index in [1.807, 2.05) is 132 Å². The highest BCUT2D eigenvalue weighted by atomic mass is 16.7. The van der Waals surface area contributed by atoms with Crippen LogP contribution in [0.2, 0.25) is 0 Å². The second-order valence-electron chi connectivity index (χ2n) is 15.8. The van der Waals surface area contributed by atoms with Crippen LogP contribution in [0.1, 0.15) is 60.0 Å². The van der Waals surface area contributed by atoms with Crippen LogP contribution in [0, 0.1) is 0 Å². The number of urea groups is 1. The van der Waals surface area contributed by atoms with Crippen LogP contribution in [-0.4, -0.2) is 51.3 Å². The van der Waals surface area contributed by atoms with Crippen LogP contribution in [-0.2, 0) is 22.6 Å². The molecular formula is C50H49N5O6. The second-order valence-corrected chi connectivity index (χ2v) is 15.8. The average Bonchev–Trinajstić information content (AvgIpc) is 3.65. The lowest BCUT2D eigenvalue weighted by Crippen LogP contribution is -2.43. The summed E-state index contributed by atoms with van der Waals surface area (Å²) in [6, 6.07) is 48.9. The Bertz CT molecular complexity index is 2620. The van der Waals surface area contributed by atoms with E-state index in [0.717, 1.165) is 82.6 Å². The number of amides is 2. The molecule has 9 rings (SSSR count). The number of likely N-dealkylation sites (tertiary alicyclic amines) is 1. The van der Waals surface area contributed by atoms with E-state index >= 15 is 0 Å². The van der Waals surface area contributed by atoms with Gasteiger partial charge in [-0.25, -0.2) is 9.59 Å². The molecule has 3 unspecified atom stereocenters. The zero-order valence-electron chi connectivity index (χ0n) is 33.8. The number of fused-ring (bicyclic) bond motifs is 1. The number of ether oxygens (including phenoxy) is 3. The van der Waals surface area contributed by atoms with E-state index in [2.05, 4.69) is 44.8 Å². The molecule has 2 saturated heterocycles. The third-order valence-corrected chi connectivity index (χ3v) is 11.6. The normalized spacial score (nSPS) is 18.5. The second kappa shape index (κ2) is 18.4. The number of hydrogen-bond acceptors (Lipinski definition) is 7. The minimum atomic E-state index is -0.601. The molecule has 11 heteroatoms. The lowest BCUT2D eigenvalue weighted by molar-refractivity contribution is -0.253. The average molecular weight is 816 g/mol. The first-order valence-electron chi connectivity index (χ1n) is 20.9. The van der Waals surface area contributed by atoms with Crippen LogP contribution in [0.3, 0.4) is 0 Å². The zero-order chi connectivity index (χ0) is 41.5. The largest absolute Gasteiger partial charge is 0.457 e. The number of carbonyl (C=O) groups excluding carboxylic acids is 1. The maximum Gasteiger partial charge on any atom is 0.326 e. The van der Waals surface area contributed by atoms with Crippen LogP contribution >= 0.6 is 0 Å². The maximum atomic E-state index is 12.9. The van der Waals surface area contributed by atoms with Gasteiger partial charge in [-0.3, -0.25) is 4.57 Å². The summed E-state index contributed by atoms with van der Waals surface area (Å²) in [4.78, 5) is 31.3. The summed E-state index contributed by atoms with van der Waals surface area (Å²) in [5, 5.41) is 15.6. The molecule has 2 fully saturated rings. The highest BCUT2D eigenvalue weighted by Gasteiger charge is 2.34. The Morgan fingerprint density at radius 2 is 1.46 bits per heavy atom. The fraction of sp³-hybridized carbons (Fsp3) is 0.240. The van der Waals surface area contributed by atoms with Crippen molar-refractivity contribution in [2.45, 2.75) is 57.0 Å². The van der Waals surface area contributed by atoms with Gasteiger partial charge in [-0.2, -0.15) is 0 Å². The van der Waals surface area contributed by atoms with Gasteiger partial charge in [-0.1, -0.05) is 91.0 Å². The number of hydrogen-bond donors (Lipinski definition) is 4. The molecular weight excluding hydrogens is 767 g/mol. The van der Waals surface area contributed by atoms with Crippen molar-refractivity contribution >= 4 is 22.8 Å². The van der Waals surface area contributed by atoms with Gasteiger partial charge in [-0.15, -0.1) is 0 Å². The Labute approximate surface area is 354 Å². The Balaban J connectivity index is 0.851. The van der Waals surface area contributed by atoms with E-state index in [1.165, 1.54) is 0 Å². The van der Waals surface area contributed by atoms with Crippen molar-refractivity contribution in [2.75, 3.05) is 25.0 Å². The number of benzene rings is 6. The Kier molecular flexibility index (Phi) is 12.1. The van der Waals surface area contributed by atoms with Gasteiger partial charge >= 0.3 is 11.7 Å². The van der Waals surface area contributed by atoms with E-state index in [0.29, 0.717) is 24.4 Å². The molecule has 0 aliphatic carbocycles. The first-order chi connectivity index (χ1) is 29.9. The zero-order valence-corrected chi connectivity index (χ0v) is 33.8. The quantitative estimate of drug-likeness (QED) is 0.0967. The summed E-state index contributed by atoms with van der Waals surface area (Å²) in [6.07, 6.45) is 1.53. The summed E-state index contributed by atoms with van der Waals surface area (Å²) >= 11 is 0. The number of anilines is 1. The molecule has 4 N–H and O–H groups in total. The van der Waals surface area contributed by atoms with Crippen LogP contribution in [0.25, 0.3) is 22.2 Å². The highest BCUT2D eigenvalue weighted by Crippen LogP contribution is 2.40. The number of aromatic nitrogens is 2. The Morgan fingerprint density at radius 1 is 0.738 bits per heavy atom. The molecule has 1 aromatic heterocycles. The molecule has 310 valence electrons. The third kappa shape index (κ3) is 9.61. The predicted molar refractivity (Wildman–Crippen MR) is 236 cm³/mol. The van der Waals surface area contributed by atoms with E-state index in [-0.39, 0.29) is 36.6 Å².